The van der Waals surface area contributed by atoms with Gasteiger partial charge in [0.25, 0.3) is 0 Å². The maximum atomic E-state index is 13.1. The Morgan fingerprint density at radius 1 is 1.36 bits per heavy atom. The van der Waals surface area contributed by atoms with E-state index in [-0.39, 0.29) is 6.04 Å². The molecule has 0 radical (unpaired) electrons. The molecule has 2 nitrogen and oxygen atoms in total. The molecule has 11 heavy (non-hydrogen) atoms. The molecule has 2 atom stereocenters. The molecule has 2 rings (SSSR count). The molecule has 1 saturated heterocycles. The van der Waals surface area contributed by atoms with Gasteiger partial charge in [-0.3, -0.25) is 4.90 Å². The van der Waals surface area contributed by atoms with E-state index >= 15 is 0 Å². The fourth-order valence-electron chi connectivity index (χ4n) is 1.78. The molecular weight excluding hydrogens is 143 g/mol. The number of likely N-dealkylation sites (N-methyl/N-ethyl adjacent to an activating group) is 1. The highest BCUT2D eigenvalue weighted by molar-refractivity contribution is 4.94. The molecule has 3 heteroatoms. The first kappa shape index (κ1) is 7.50. The molecule has 0 bridgehead atoms. The summed E-state index contributed by atoms with van der Waals surface area (Å²) in [6, 6.07) is 0.820. The van der Waals surface area contributed by atoms with Crippen molar-refractivity contribution < 1.29 is 4.39 Å². The summed E-state index contributed by atoms with van der Waals surface area (Å²) in [4.78, 5) is 2.20. The van der Waals surface area contributed by atoms with Crippen LogP contribution < -0.4 is 5.32 Å². The number of nitrogens with one attached hydrogen (secondary N) is 1. The molecule has 1 aliphatic heterocycles. The molecule has 1 heterocycles. The highest BCUT2D eigenvalue weighted by Gasteiger charge is 2.37. The van der Waals surface area contributed by atoms with Gasteiger partial charge < -0.3 is 5.32 Å². The third kappa shape index (κ3) is 1.40. The van der Waals surface area contributed by atoms with E-state index < -0.39 is 6.17 Å². The van der Waals surface area contributed by atoms with Gasteiger partial charge in [0, 0.05) is 19.1 Å². The average molecular weight is 158 g/mol. The fraction of sp³-hybridized carbons (Fsp3) is 1.00. The topological polar surface area (TPSA) is 15.3 Å². The highest BCUT2D eigenvalue weighted by Crippen LogP contribution is 2.29. The van der Waals surface area contributed by atoms with Gasteiger partial charge in [-0.15, -0.1) is 0 Å². The van der Waals surface area contributed by atoms with Crippen molar-refractivity contribution in [3.8, 4) is 0 Å². The van der Waals surface area contributed by atoms with Gasteiger partial charge in [0.15, 0.2) is 0 Å². The first-order valence-electron chi connectivity index (χ1n) is 4.36. The number of alkyl halides is 1. The summed E-state index contributed by atoms with van der Waals surface area (Å²) < 4.78 is 13.1. The Labute approximate surface area is 66.8 Å². The van der Waals surface area contributed by atoms with E-state index in [9.17, 15) is 4.39 Å². The van der Waals surface area contributed by atoms with Gasteiger partial charge >= 0.3 is 0 Å². The van der Waals surface area contributed by atoms with Crippen molar-refractivity contribution in [2.24, 2.45) is 0 Å². The lowest BCUT2D eigenvalue weighted by molar-refractivity contribution is 0.166. The Morgan fingerprint density at radius 2 is 2.09 bits per heavy atom. The van der Waals surface area contributed by atoms with Crippen LogP contribution in [0.2, 0.25) is 0 Å². The summed E-state index contributed by atoms with van der Waals surface area (Å²) in [7, 11) is 2.04. The van der Waals surface area contributed by atoms with E-state index in [4.69, 9.17) is 0 Å². The first-order valence-corrected chi connectivity index (χ1v) is 4.36. The monoisotopic (exact) mass is 158 g/mol. The van der Waals surface area contributed by atoms with Gasteiger partial charge in [-0.05, 0) is 19.9 Å². The molecule has 1 saturated carbocycles. The minimum Gasteiger partial charge on any atom is -0.312 e. The fourth-order valence-corrected chi connectivity index (χ4v) is 1.78. The number of nitrogens with zero attached hydrogens (tertiary/aromatic N) is 1. The standard InChI is InChI=1S/C8H15FN2/c1-11(6-2-3-6)8-5-10-4-7(8)9/h6-8,10H,2-5H2,1H3/t7-,8+/m0/s1. The maximum absolute atomic E-state index is 13.1. The summed E-state index contributed by atoms with van der Waals surface area (Å²) in [6.07, 6.45) is 1.87. The predicted octanol–water partition coefficient (Wildman–Crippen LogP) is 0.390. The van der Waals surface area contributed by atoms with Crippen LogP contribution in [0.4, 0.5) is 4.39 Å². The van der Waals surface area contributed by atoms with Crippen LogP contribution >= 0.6 is 0 Å². The van der Waals surface area contributed by atoms with E-state index in [1.54, 1.807) is 0 Å². The van der Waals surface area contributed by atoms with Crippen LogP contribution in [0.1, 0.15) is 12.8 Å². The van der Waals surface area contributed by atoms with Crippen LogP contribution in [0.3, 0.4) is 0 Å². The van der Waals surface area contributed by atoms with E-state index in [2.05, 4.69) is 10.2 Å². The van der Waals surface area contributed by atoms with Crippen LogP contribution in [-0.4, -0.2) is 43.3 Å². The van der Waals surface area contributed by atoms with Crippen LogP contribution in [0.15, 0.2) is 0 Å². The van der Waals surface area contributed by atoms with Crippen molar-refractivity contribution in [1.82, 2.24) is 10.2 Å². The molecule has 0 spiro atoms. The van der Waals surface area contributed by atoms with Gasteiger partial charge in [-0.2, -0.15) is 0 Å². The summed E-state index contributed by atoms with van der Waals surface area (Å²) in [5.74, 6) is 0. The lowest BCUT2D eigenvalue weighted by atomic mass is 10.2. The summed E-state index contributed by atoms with van der Waals surface area (Å²) >= 11 is 0. The molecule has 2 fully saturated rings. The Kier molecular flexibility index (Phi) is 1.85. The van der Waals surface area contributed by atoms with Crippen molar-refractivity contribution >= 4 is 0 Å². The highest BCUT2D eigenvalue weighted by atomic mass is 19.1. The molecule has 2 aliphatic rings. The largest absolute Gasteiger partial charge is 0.312 e. The van der Waals surface area contributed by atoms with E-state index in [1.165, 1.54) is 12.8 Å². The van der Waals surface area contributed by atoms with Crippen LogP contribution in [-0.2, 0) is 0 Å². The van der Waals surface area contributed by atoms with Crippen molar-refractivity contribution in [2.45, 2.75) is 31.1 Å². The minimum atomic E-state index is -0.652. The lowest BCUT2D eigenvalue weighted by Gasteiger charge is -2.24. The van der Waals surface area contributed by atoms with Crippen LogP contribution in [0.25, 0.3) is 0 Å². The van der Waals surface area contributed by atoms with E-state index in [0.717, 1.165) is 6.54 Å². The normalized spacial score (nSPS) is 38.5. The number of halogens is 1. The molecular formula is C8H15FN2. The third-order valence-corrected chi connectivity index (χ3v) is 2.76. The second kappa shape index (κ2) is 2.72. The number of hydrogen-bond acceptors (Lipinski definition) is 2. The minimum absolute atomic E-state index is 0.141. The Morgan fingerprint density at radius 3 is 2.55 bits per heavy atom. The molecule has 0 aromatic carbocycles. The quantitative estimate of drug-likeness (QED) is 0.625. The zero-order valence-corrected chi connectivity index (χ0v) is 6.89. The lowest BCUT2D eigenvalue weighted by Crippen LogP contribution is -2.40. The van der Waals surface area contributed by atoms with E-state index in [0.29, 0.717) is 12.6 Å². The summed E-state index contributed by atoms with van der Waals surface area (Å²) in [5, 5.41) is 3.07. The van der Waals surface area contributed by atoms with Gasteiger partial charge in [0.1, 0.15) is 6.17 Å². The molecule has 0 unspecified atom stereocenters. The third-order valence-electron chi connectivity index (χ3n) is 2.76. The molecule has 0 aromatic heterocycles. The maximum Gasteiger partial charge on any atom is 0.129 e. The average Bonchev–Trinajstić information content (AvgIpc) is 2.74. The molecule has 1 N–H and O–H groups in total. The summed E-state index contributed by atoms with van der Waals surface area (Å²) in [6.45, 7) is 1.37. The number of hydrogen-bond donors (Lipinski definition) is 1. The predicted molar refractivity (Wildman–Crippen MR) is 42.3 cm³/mol. The SMILES string of the molecule is CN(C1CC1)[C@@H]1CNC[C@@H]1F. The Hall–Kier alpha value is -0.150. The Bertz CT molecular complexity index is 147. The molecule has 1 aliphatic carbocycles. The van der Waals surface area contributed by atoms with Gasteiger partial charge in [-0.1, -0.05) is 0 Å². The van der Waals surface area contributed by atoms with Gasteiger partial charge in [0.05, 0.1) is 6.04 Å². The first-order chi connectivity index (χ1) is 5.29. The van der Waals surface area contributed by atoms with Crippen molar-refractivity contribution in [1.29, 1.82) is 0 Å². The number of rotatable bonds is 2. The smallest absolute Gasteiger partial charge is 0.129 e. The van der Waals surface area contributed by atoms with E-state index in [1.807, 2.05) is 7.05 Å². The van der Waals surface area contributed by atoms with Crippen molar-refractivity contribution in [2.75, 3.05) is 20.1 Å². The van der Waals surface area contributed by atoms with Gasteiger partial charge in [0.2, 0.25) is 0 Å². The second-order valence-electron chi connectivity index (χ2n) is 3.64. The zero-order chi connectivity index (χ0) is 7.84. The molecule has 0 aromatic rings. The second-order valence-corrected chi connectivity index (χ2v) is 3.64. The molecule has 64 valence electrons. The molecule has 0 amide bonds. The van der Waals surface area contributed by atoms with Crippen molar-refractivity contribution in [3.63, 3.8) is 0 Å². The Balaban J connectivity index is 1.91. The van der Waals surface area contributed by atoms with Gasteiger partial charge in [-0.25, -0.2) is 4.39 Å². The van der Waals surface area contributed by atoms with Crippen LogP contribution in [0.5, 0.6) is 0 Å². The van der Waals surface area contributed by atoms with Crippen molar-refractivity contribution in [3.05, 3.63) is 0 Å². The zero-order valence-electron chi connectivity index (χ0n) is 6.89. The summed E-state index contributed by atoms with van der Waals surface area (Å²) in [5.41, 5.74) is 0. The van der Waals surface area contributed by atoms with Crippen LogP contribution in [0, 0.1) is 0 Å².